The van der Waals surface area contributed by atoms with Crippen LogP contribution in [0.3, 0.4) is 0 Å². The van der Waals surface area contributed by atoms with E-state index >= 15 is 0 Å². The van der Waals surface area contributed by atoms with Gasteiger partial charge in [0.2, 0.25) is 5.91 Å². The number of aliphatic hydroxyl groups is 1. The van der Waals surface area contributed by atoms with Crippen molar-refractivity contribution in [3.63, 3.8) is 0 Å². The molecule has 0 fully saturated rings. The molecule has 33 heavy (non-hydrogen) atoms. The van der Waals surface area contributed by atoms with E-state index in [2.05, 4.69) is 86.8 Å². The van der Waals surface area contributed by atoms with Crippen LogP contribution >= 0.6 is 0 Å². The molecule has 1 aromatic carbocycles. The predicted molar refractivity (Wildman–Crippen MR) is 143 cm³/mol. The van der Waals surface area contributed by atoms with Crippen LogP contribution in [-0.4, -0.2) is 23.7 Å². The third-order valence-electron chi connectivity index (χ3n) is 5.98. The first kappa shape index (κ1) is 28.9. The third kappa shape index (κ3) is 13.2. The average Bonchev–Trinajstić information content (AvgIpc) is 2.80. The standard InChI is InChI=1S/C30H47NO2/c1-5-6-7-19-24-30(3,4)28-22-18-17-21-27(28)20-15-13-11-9-8-10-12-14-16-23-29(33)31-26(2)25-32/h9-12,15,17-18,20-22,26,32H,5-8,13-14,16,19,23-25H2,1-4H3,(H,31,33)/b11-9-,12-10-,20-15-/t26-/m1/s1. The summed E-state index contributed by atoms with van der Waals surface area (Å²) in [6.45, 7) is 8.80. The highest BCUT2D eigenvalue weighted by Gasteiger charge is 2.21. The van der Waals surface area contributed by atoms with Gasteiger partial charge in [0, 0.05) is 12.5 Å². The second-order valence-electron chi connectivity index (χ2n) is 9.64. The number of rotatable bonds is 17. The molecule has 0 saturated carbocycles. The van der Waals surface area contributed by atoms with E-state index in [-0.39, 0.29) is 24.0 Å². The molecule has 0 unspecified atom stereocenters. The molecule has 0 radical (unpaired) electrons. The number of unbranched alkanes of at least 4 members (excludes halogenated alkanes) is 4. The number of benzene rings is 1. The second kappa shape index (κ2) is 17.4. The van der Waals surface area contributed by atoms with Crippen molar-refractivity contribution in [3.05, 3.63) is 65.8 Å². The summed E-state index contributed by atoms with van der Waals surface area (Å²) >= 11 is 0. The fourth-order valence-corrected chi connectivity index (χ4v) is 3.92. The quantitative estimate of drug-likeness (QED) is 0.189. The minimum atomic E-state index is -0.164. The zero-order chi connectivity index (χ0) is 24.4. The van der Waals surface area contributed by atoms with Crippen molar-refractivity contribution in [1.29, 1.82) is 0 Å². The van der Waals surface area contributed by atoms with Gasteiger partial charge in [-0.15, -0.1) is 0 Å². The molecule has 184 valence electrons. The molecule has 1 aromatic rings. The summed E-state index contributed by atoms with van der Waals surface area (Å²) in [5.74, 6) is 0.0121. The van der Waals surface area contributed by atoms with Crippen molar-refractivity contribution in [2.75, 3.05) is 6.61 Å². The lowest BCUT2D eigenvalue weighted by molar-refractivity contribution is -0.122. The molecule has 0 aliphatic carbocycles. The first-order valence-electron chi connectivity index (χ1n) is 12.9. The monoisotopic (exact) mass is 453 g/mol. The normalized spacial score (nSPS) is 13.4. The van der Waals surface area contributed by atoms with Gasteiger partial charge < -0.3 is 10.4 Å². The van der Waals surface area contributed by atoms with E-state index in [0.29, 0.717) is 6.42 Å². The molecule has 0 bridgehead atoms. The second-order valence-corrected chi connectivity index (χ2v) is 9.64. The Bertz CT molecular complexity index is 745. The van der Waals surface area contributed by atoms with E-state index in [4.69, 9.17) is 5.11 Å². The van der Waals surface area contributed by atoms with Crippen molar-refractivity contribution in [2.24, 2.45) is 0 Å². The summed E-state index contributed by atoms with van der Waals surface area (Å²) in [4.78, 5) is 11.6. The average molecular weight is 454 g/mol. The van der Waals surface area contributed by atoms with Crippen LogP contribution in [0.25, 0.3) is 6.08 Å². The molecule has 0 saturated heterocycles. The Kier molecular flexibility index (Phi) is 15.2. The highest BCUT2D eigenvalue weighted by Crippen LogP contribution is 2.32. The van der Waals surface area contributed by atoms with Crippen molar-refractivity contribution in [2.45, 2.75) is 103 Å². The first-order chi connectivity index (χ1) is 15.9. The van der Waals surface area contributed by atoms with Gasteiger partial charge in [-0.05, 0) is 55.6 Å². The lowest BCUT2D eigenvalue weighted by Crippen LogP contribution is -2.34. The van der Waals surface area contributed by atoms with Gasteiger partial charge in [-0.1, -0.05) is 107 Å². The molecular formula is C30H47NO2. The van der Waals surface area contributed by atoms with Gasteiger partial charge in [0.25, 0.3) is 0 Å². The minimum absolute atomic E-state index is 0.0121. The smallest absolute Gasteiger partial charge is 0.220 e. The van der Waals surface area contributed by atoms with Crippen LogP contribution in [0.2, 0.25) is 0 Å². The molecule has 3 heteroatoms. The van der Waals surface area contributed by atoms with Gasteiger partial charge in [-0.2, -0.15) is 0 Å². The van der Waals surface area contributed by atoms with Gasteiger partial charge in [0.15, 0.2) is 0 Å². The third-order valence-corrected chi connectivity index (χ3v) is 5.98. The van der Waals surface area contributed by atoms with E-state index in [0.717, 1.165) is 25.7 Å². The van der Waals surface area contributed by atoms with Gasteiger partial charge in [0.1, 0.15) is 0 Å². The number of aliphatic hydroxyl groups excluding tert-OH is 1. The lowest BCUT2D eigenvalue weighted by atomic mass is 9.77. The predicted octanol–water partition coefficient (Wildman–Crippen LogP) is 7.51. The molecule has 3 nitrogen and oxygen atoms in total. The van der Waals surface area contributed by atoms with E-state index in [1.165, 1.54) is 43.2 Å². The highest BCUT2D eigenvalue weighted by atomic mass is 16.3. The maximum absolute atomic E-state index is 11.6. The largest absolute Gasteiger partial charge is 0.394 e. The number of nitrogens with one attached hydrogen (secondary N) is 1. The van der Waals surface area contributed by atoms with E-state index < -0.39 is 0 Å². The first-order valence-corrected chi connectivity index (χ1v) is 12.9. The van der Waals surface area contributed by atoms with Crippen LogP contribution in [-0.2, 0) is 10.2 Å². The maximum Gasteiger partial charge on any atom is 0.220 e. The Balaban J connectivity index is 2.35. The summed E-state index contributed by atoms with van der Waals surface area (Å²) in [7, 11) is 0. The Morgan fingerprint density at radius 3 is 2.42 bits per heavy atom. The number of hydrogen-bond donors (Lipinski definition) is 2. The molecular weight excluding hydrogens is 406 g/mol. The topological polar surface area (TPSA) is 49.3 Å². The van der Waals surface area contributed by atoms with Crippen molar-refractivity contribution < 1.29 is 9.90 Å². The summed E-state index contributed by atoms with van der Waals surface area (Å²) in [6, 6.07) is 8.65. The summed E-state index contributed by atoms with van der Waals surface area (Å²) in [5.41, 5.74) is 2.99. The molecule has 1 atom stereocenters. The molecule has 0 aliphatic heterocycles. The number of hydrogen-bond acceptors (Lipinski definition) is 2. The van der Waals surface area contributed by atoms with Gasteiger partial charge in [-0.25, -0.2) is 0 Å². The molecule has 2 N–H and O–H groups in total. The Morgan fingerprint density at radius 1 is 1.00 bits per heavy atom. The van der Waals surface area contributed by atoms with Crippen LogP contribution in [0, 0.1) is 0 Å². The zero-order valence-electron chi connectivity index (χ0n) is 21.5. The Labute approximate surface area is 203 Å². The molecule has 0 spiro atoms. The summed E-state index contributed by atoms with van der Waals surface area (Å²) in [5, 5.41) is 11.7. The molecule has 0 aliphatic rings. The fraction of sp³-hybridized carbons (Fsp3) is 0.567. The highest BCUT2D eigenvalue weighted by molar-refractivity contribution is 5.76. The van der Waals surface area contributed by atoms with Crippen molar-refractivity contribution in [3.8, 4) is 0 Å². The molecule has 1 amide bonds. The van der Waals surface area contributed by atoms with E-state index in [1.54, 1.807) is 6.92 Å². The maximum atomic E-state index is 11.6. The van der Waals surface area contributed by atoms with Crippen molar-refractivity contribution in [1.82, 2.24) is 5.32 Å². The number of allylic oxidation sites excluding steroid dienone is 5. The minimum Gasteiger partial charge on any atom is -0.394 e. The molecule has 1 rings (SSSR count). The van der Waals surface area contributed by atoms with Crippen LogP contribution in [0.4, 0.5) is 0 Å². The zero-order valence-corrected chi connectivity index (χ0v) is 21.5. The van der Waals surface area contributed by atoms with Crippen LogP contribution in [0.5, 0.6) is 0 Å². The number of amides is 1. The lowest BCUT2D eigenvalue weighted by Gasteiger charge is -2.27. The summed E-state index contributed by atoms with van der Waals surface area (Å²) < 4.78 is 0. The van der Waals surface area contributed by atoms with Gasteiger partial charge in [0.05, 0.1) is 6.61 Å². The summed E-state index contributed by atoms with van der Waals surface area (Å²) in [6.07, 6.45) is 23.8. The fourth-order valence-electron chi connectivity index (χ4n) is 3.92. The van der Waals surface area contributed by atoms with Gasteiger partial charge >= 0.3 is 0 Å². The van der Waals surface area contributed by atoms with Crippen molar-refractivity contribution >= 4 is 12.0 Å². The van der Waals surface area contributed by atoms with E-state index in [9.17, 15) is 4.79 Å². The Hall–Kier alpha value is -2.13. The Morgan fingerprint density at radius 2 is 1.70 bits per heavy atom. The SMILES string of the molecule is CCCCCCC(C)(C)c1ccccc1/C=C\C/C=C\C/C=C\CCCC(=O)N[C@H](C)CO. The van der Waals surface area contributed by atoms with Crippen LogP contribution in [0.15, 0.2) is 54.6 Å². The number of carbonyl (C=O) groups excluding carboxylic acids is 1. The molecule has 0 aromatic heterocycles. The van der Waals surface area contributed by atoms with Crippen LogP contribution < -0.4 is 5.32 Å². The van der Waals surface area contributed by atoms with Crippen LogP contribution in [0.1, 0.15) is 103 Å². The molecule has 0 heterocycles. The van der Waals surface area contributed by atoms with Gasteiger partial charge in [-0.3, -0.25) is 4.79 Å². The number of carbonyl (C=O) groups is 1. The van der Waals surface area contributed by atoms with E-state index in [1.807, 2.05) is 0 Å².